The fraction of sp³-hybridized carbons (Fsp3) is 0.312. The minimum Gasteiger partial charge on any atom is -0.370 e. The van der Waals surface area contributed by atoms with Gasteiger partial charge in [0.05, 0.1) is 0 Å². The van der Waals surface area contributed by atoms with Crippen LogP contribution in [0, 0.1) is 0 Å². The number of anilines is 1. The Morgan fingerprint density at radius 3 is 2.58 bits per heavy atom. The van der Waals surface area contributed by atoms with Crippen molar-refractivity contribution in [2.24, 2.45) is 10.7 Å². The Balaban J connectivity index is 0.00000196. The lowest BCUT2D eigenvalue weighted by molar-refractivity contribution is 0.378. The molecule has 0 radical (unpaired) electrons. The van der Waals surface area contributed by atoms with Crippen LogP contribution in [-0.2, 0) is 6.54 Å². The second-order valence-electron chi connectivity index (χ2n) is 5.74. The highest BCUT2D eigenvalue weighted by Gasteiger charge is 2.20. The number of pyridine rings is 1. The number of hydrogen-bond acceptors (Lipinski definition) is 6. The van der Waals surface area contributed by atoms with E-state index in [0.29, 0.717) is 12.5 Å². The molecule has 4 rings (SSSR count). The molecule has 1 aliphatic rings. The summed E-state index contributed by atoms with van der Waals surface area (Å²) in [6.45, 7) is 3.60. The van der Waals surface area contributed by atoms with Crippen LogP contribution in [0.4, 0.5) is 5.95 Å². The molecule has 0 aliphatic carbocycles. The van der Waals surface area contributed by atoms with Crippen LogP contribution < -0.4 is 10.6 Å². The first kappa shape index (κ1) is 18.3. The SMILES string of the molecule is I.NC(=NCc1nnc2ccccn12)N1CCN(c2ncccn2)CC1. The molecule has 0 saturated carbocycles. The Kier molecular flexibility index (Phi) is 5.81. The molecular weight excluding hydrogens is 445 g/mol. The van der Waals surface area contributed by atoms with Gasteiger partial charge in [-0.1, -0.05) is 6.07 Å². The van der Waals surface area contributed by atoms with Crippen LogP contribution in [0.5, 0.6) is 0 Å². The van der Waals surface area contributed by atoms with E-state index in [4.69, 9.17) is 5.73 Å². The predicted molar refractivity (Wildman–Crippen MR) is 110 cm³/mol. The molecule has 0 amide bonds. The smallest absolute Gasteiger partial charge is 0.225 e. The lowest BCUT2D eigenvalue weighted by atomic mass is 10.3. The molecule has 0 spiro atoms. The summed E-state index contributed by atoms with van der Waals surface area (Å²) in [5.74, 6) is 2.06. The van der Waals surface area contributed by atoms with E-state index in [2.05, 4.69) is 35.0 Å². The van der Waals surface area contributed by atoms with Crippen LogP contribution in [0.25, 0.3) is 5.65 Å². The van der Waals surface area contributed by atoms with Crippen molar-refractivity contribution < 1.29 is 0 Å². The van der Waals surface area contributed by atoms with Crippen LogP contribution in [0.2, 0.25) is 0 Å². The van der Waals surface area contributed by atoms with Crippen molar-refractivity contribution >= 4 is 41.5 Å². The standard InChI is InChI=1S/C16H19N9.HI/c17-15(20-12-14-22-21-13-4-1-2-7-25(13)14)23-8-10-24(11-9-23)16-18-5-3-6-19-16;/h1-7H,8-12H2,(H2,17,20);1H. The summed E-state index contributed by atoms with van der Waals surface area (Å²) < 4.78 is 1.92. The van der Waals surface area contributed by atoms with E-state index in [1.54, 1.807) is 12.4 Å². The number of rotatable bonds is 3. The topological polar surface area (TPSA) is 101 Å². The number of hydrogen-bond donors (Lipinski definition) is 1. The zero-order valence-corrected chi connectivity index (χ0v) is 16.5. The molecule has 0 unspecified atom stereocenters. The maximum Gasteiger partial charge on any atom is 0.225 e. The molecule has 9 nitrogen and oxygen atoms in total. The van der Waals surface area contributed by atoms with Crippen molar-refractivity contribution in [1.82, 2.24) is 29.5 Å². The predicted octanol–water partition coefficient (Wildman–Crippen LogP) is 0.774. The Morgan fingerprint density at radius 1 is 1.04 bits per heavy atom. The molecule has 2 N–H and O–H groups in total. The Labute approximate surface area is 168 Å². The zero-order chi connectivity index (χ0) is 17.1. The number of aliphatic imine (C=N–C) groups is 1. The number of nitrogens with zero attached hydrogens (tertiary/aromatic N) is 8. The number of halogens is 1. The minimum atomic E-state index is 0. The summed E-state index contributed by atoms with van der Waals surface area (Å²) >= 11 is 0. The third kappa shape index (κ3) is 3.84. The van der Waals surface area contributed by atoms with Gasteiger partial charge in [-0.3, -0.25) is 4.40 Å². The van der Waals surface area contributed by atoms with E-state index in [-0.39, 0.29) is 24.0 Å². The van der Waals surface area contributed by atoms with E-state index in [9.17, 15) is 0 Å². The molecule has 136 valence electrons. The van der Waals surface area contributed by atoms with E-state index in [0.717, 1.165) is 43.6 Å². The second-order valence-corrected chi connectivity index (χ2v) is 5.74. The molecule has 0 aromatic carbocycles. The quantitative estimate of drug-likeness (QED) is 0.347. The normalized spacial score (nSPS) is 15.2. The van der Waals surface area contributed by atoms with Crippen LogP contribution >= 0.6 is 24.0 Å². The van der Waals surface area contributed by atoms with Gasteiger partial charge in [0.15, 0.2) is 17.4 Å². The van der Waals surface area contributed by atoms with Gasteiger partial charge in [-0.2, -0.15) is 0 Å². The summed E-state index contributed by atoms with van der Waals surface area (Å²) in [7, 11) is 0. The van der Waals surface area contributed by atoms with Gasteiger partial charge in [0.2, 0.25) is 5.95 Å². The average molecular weight is 465 g/mol. The Bertz CT molecular complexity index is 872. The lowest BCUT2D eigenvalue weighted by Crippen LogP contribution is -2.51. The maximum atomic E-state index is 6.16. The van der Waals surface area contributed by atoms with Crippen molar-refractivity contribution in [3.63, 3.8) is 0 Å². The molecule has 1 aliphatic heterocycles. The van der Waals surface area contributed by atoms with Gasteiger partial charge >= 0.3 is 0 Å². The van der Waals surface area contributed by atoms with Crippen LogP contribution in [0.3, 0.4) is 0 Å². The van der Waals surface area contributed by atoms with Gasteiger partial charge in [-0.25, -0.2) is 15.0 Å². The summed E-state index contributed by atoms with van der Waals surface area (Å²) in [5.41, 5.74) is 6.97. The van der Waals surface area contributed by atoms with E-state index >= 15 is 0 Å². The molecule has 1 fully saturated rings. The molecular formula is C16H20IN9. The summed E-state index contributed by atoms with van der Waals surface area (Å²) in [6, 6.07) is 7.60. The average Bonchev–Trinajstić information content (AvgIpc) is 3.10. The first-order valence-electron chi connectivity index (χ1n) is 8.17. The molecule has 0 atom stereocenters. The molecule has 4 heterocycles. The summed E-state index contributed by atoms with van der Waals surface area (Å²) in [5, 5.41) is 8.29. The molecule has 1 saturated heterocycles. The fourth-order valence-corrected chi connectivity index (χ4v) is 2.84. The monoisotopic (exact) mass is 465 g/mol. The largest absolute Gasteiger partial charge is 0.370 e. The molecule has 3 aromatic heterocycles. The highest BCUT2D eigenvalue weighted by molar-refractivity contribution is 14.0. The molecule has 3 aromatic rings. The van der Waals surface area contributed by atoms with E-state index < -0.39 is 0 Å². The van der Waals surface area contributed by atoms with Gasteiger partial charge in [-0.15, -0.1) is 34.2 Å². The van der Waals surface area contributed by atoms with Crippen LogP contribution in [0.1, 0.15) is 5.82 Å². The highest BCUT2D eigenvalue weighted by Crippen LogP contribution is 2.10. The lowest BCUT2D eigenvalue weighted by Gasteiger charge is -2.35. The molecule has 26 heavy (non-hydrogen) atoms. The first-order chi connectivity index (χ1) is 12.3. The summed E-state index contributed by atoms with van der Waals surface area (Å²) in [4.78, 5) is 17.3. The van der Waals surface area contributed by atoms with Crippen LogP contribution in [-0.4, -0.2) is 61.6 Å². The number of guanidine groups is 1. The van der Waals surface area contributed by atoms with Gasteiger partial charge in [-0.05, 0) is 18.2 Å². The van der Waals surface area contributed by atoms with Crippen molar-refractivity contribution in [3.05, 3.63) is 48.7 Å². The Morgan fingerprint density at radius 2 is 1.81 bits per heavy atom. The van der Waals surface area contributed by atoms with Gasteiger partial charge in [0, 0.05) is 44.8 Å². The van der Waals surface area contributed by atoms with Crippen molar-refractivity contribution in [2.45, 2.75) is 6.54 Å². The van der Waals surface area contributed by atoms with Crippen molar-refractivity contribution in [3.8, 4) is 0 Å². The number of piperazine rings is 1. The van der Waals surface area contributed by atoms with E-state index in [1.807, 2.05) is 34.9 Å². The van der Waals surface area contributed by atoms with Crippen LogP contribution in [0.15, 0.2) is 47.8 Å². The second kappa shape index (κ2) is 8.25. The highest BCUT2D eigenvalue weighted by atomic mass is 127. The maximum absolute atomic E-state index is 6.16. The Hall–Kier alpha value is -2.50. The van der Waals surface area contributed by atoms with E-state index in [1.165, 1.54) is 0 Å². The first-order valence-corrected chi connectivity index (χ1v) is 8.17. The number of fused-ring (bicyclic) bond motifs is 1. The van der Waals surface area contributed by atoms with Gasteiger partial charge in [0.1, 0.15) is 6.54 Å². The third-order valence-corrected chi connectivity index (χ3v) is 4.21. The zero-order valence-electron chi connectivity index (χ0n) is 14.1. The van der Waals surface area contributed by atoms with Crippen molar-refractivity contribution in [1.29, 1.82) is 0 Å². The third-order valence-electron chi connectivity index (χ3n) is 4.21. The minimum absolute atomic E-state index is 0. The number of nitrogens with two attached hydrogens (primary N) is 1. The molecule has 10 heteroatoms. The van der Waals surface area contributed by atoms with Crippen molar-refractivity contribution in [2.75, 3.05) is 31.1 Å². The molecule has 0 bridgehead atoms. The summed E-state index contributed by atoms with van der Waals surface area (Å²) in [6.07, 6.45) is 5.44. The van der Waals surface area contributed by atoms with Gasteiger partial charge < -0.3 is 15.5 Å². The van der Waals surface area contributed by atoms with Gasteiger partial charge in [0.25, 0.3) is 0 Å². The number of aromatic nitrogens is 5. The fourth-order valence-electron chi connectivity index (χ4n) is 2.84.